The van der Waals surface area contributed by atoms with E-state index in [0.29, 0.717) is 24.2 Å². The number of nitrogens with zero attached hydrogens (tertiary/aromatic N) is 3. The SMILES string of the molecule is COc1cccc([C@H]2O[C@H](CC(=O)NC3CCCCC3CCC(=O)O)c3nnc(C(F)(F)F)n3-c3ccc(Cl)cc32)c1Cl. The fourth-order valence-electron chi connectivity index (χ4n) is 5.92. The number of alkyl halides is 3. The van der Waals surface area contributed by atoms with Gasteiger partial charge in [-0.1, -0.05) is 48.2 Å². The minimum Gasteiger partial charge on any atom is -0.495 e. The number of carbonyl (C=O) groups excluding carboxylic acids is 1. The van der Waals surface area contributed by atoms with Crippen LogP contribution < -0.4 is 10.1 Å². The smallest absolute Gasteiger partial charge is 0.452 e. The molecule has 1 aliphatic carbocycles. The molecule has 0 saturated heterocycles. The minimum atomic E-state index is -4.87. The number of benzene rings is 2. The highest BCUT2D eigenvalue weighted by Gasteiger charge is 2.44. The molecule has 1 aliphatic heterocycles. The highest BCUT2D eigenvalue weighted by Crippen LogP contribution is 2.46. The first-order valence-corrected chi connectivity index (χ1v) is 14.5. The minimum absolute atomic E-state index is 0.0180. The quantitative estimate of drug-likeness (QED) is 0.282. The predicted octanol–water partition coefficient (Wildman–Crippen LogP) is 6.69. The molecule has 5 rings (SSSR count). The Morgan fingerprint density at radius 3 is 2.63 bits per heavy atom. The molecule has 230 valence electrons. The number of nitrogens with one attached hydrogen (secondary N) is 1. The molecule has 1 saturated carbocycles. The van der Waals surface area contributed by atoms with Crippen LogP contribution in [0.4, 0.5) is 13.2 Å². The summed E-state index contributed by atoms with van der Waals surface area (Å²) in [6.45, 7) is 0. The Hall–Kier alpha value is -3.35. The van der Waals surface area contributed by atoms with Crippen molar-refractivity contribution in [2.75, 3.05) is 7.11 Å². The largest absolute Gasteiger partial charge is 0.495 e. The van der Waals surface area contributed by atoms with E-state index in [1.165, 1.54) is 25.3 Å². The van der Waals surface area contributed by atoms with Gasteiger partial charge in [0.1, 0.15) is 18.0 Å². The zero-order valence-corrected chi connectivity index (χ0v) is 24.5. The van der Waals surface area contributed by atoms with Gasteiger partial charge in [-0.15, -0.1) is 10.2 Å². The topological polar surface area (TPSA) is 116 Å². The lowest BCUT2D eigenvalue weighted by Gasteiger charge is -2.32. The Labute approximate surface area is 255 Å². The number of carbonyl (C=O) groups is 2. The molecule has 14 heteroatoms. The molecule has 2 aliphatic rings. The van der Waals surface area contributed by atoms with Crippen molar-refractivity contribution in [2.24, 2.45) is 5.92 Å². The van der Waals surface area contributed by atoms with Crippen molar-refractivity contribution in [3.63, 3.8) is 0 Å². The maximum atomic E-state index is 14.2. The third-order valence-corrected chi connectivity index (χ3v) is 8.53. The molecule has 1 fully saturated rings. The maximum Gasteiger partial charge on any atom is 0.452 e. The summed E-state index contributed by atoms with van der Waals surface area (Å²) >= 11 is 13.0. The molecular formula is C29H29Cl2F3N4O5. The van der Waals surface area contributed by atoms with E-state index in [1.54, 1.807) is 18.2 Å². The van der Waals surface area contributed by atoms with E-state index in [2.05, 4.69) is 15.5 Å². The highest BCUT2D eigenvalue weighted by molar-refractivity contribution is 6.33. The summed E-state index contributed by atoms with van der Waals surface area (Å²) in [4.78, 5) is 24.6. The second-order valence-corrected chi connectivity index (χ2v) is 11.5. The lowest BCUT2D eigenvalue weighted by Crippen LogP contribution is -2.42. The lowest BCUT2D eigenvalue weighted by atomic mass is 9.81. The fourth-order valence-corrected chi connectivity index (χ4v) is 6.40. The molecule has 2 N–H and O–H groups in total. The Bertz CT molecular complexity index is 1520. The van der Waals surface area contributed by atoms with E-state index in [0.717, 1.165) is 23.8 Å². The summed E-state index contributed by atoms with van der Waals surface area (Å²) in [6.07, 6.45) is -3.96. The summed E-state index contributed by atoms with van der Waals surface area (Å²) in [5.41, 5.74) is 0.728. The van der Waals surface area contributed by atoms with Crippen LogP contribution in [0.15, 0.2) is 36.4 Å². The Morgan fingerprint density at radius 2 is 1.91 bits per heavy atom. The number of aromatic nitrogens is 3. The summed E-state index contributed by atoms with van der Waals surface area (Å²) in [5, 5.41) is 19.9. The number of aliphatic carboxylic acids is 1. The van der Waals surface area contributed by atoms with Gasteiger partial charge in [0.05, 0.1) is 24.2 Å². The highest BCUT2D eigenvalue weighted by atomic mass is 35.5. The van der Waals surface area contributed by atoms with E-state index in [4.69, 9.17) is 37.8 Å². The number of carboxylic acids is 1. The van der Waals surface area contributed by atoms with Gasteiger partial charge in [0.15, 0.2) is 5.82 Å². The molecule has 2 unspecified atom stereocenters. The van der Waals surface area contributed by atoms with Gasteiger partial charge < -0.3 is 19.9 Å². The number of hydrogen-bond acceptors (Lipinski definition) is 6. The van der Waals surface area contributed by atoms with Crippen LogP contribution in [0.3, 0.4) is 0 Å². The number of methoxy groups -OCH3 is 1. The first kappa shape index (κ1) is 31.1. The monoisotopic (exact) mass is 640 g/mol. The van der Waals surface area contributed by atoms with Crippen LogP contribution in [0, 0.1) is 5.92 Å². The zero-order chi connectivity index (χ0) is 30.9. The van der Waals surface area contributed by atoms with Gasteiger partial charge in [-0.2, -0.15) is 13.2 Å². The van der Waals surface area contributed by atoms with E-state index >= 15 is 0 Å². The van der Waals surface area contributed by atoms with Crippen LogP contribution in [0.25, 0.3) is 5.69 Å². The molecule has 0 bridgehead atoms. The third kappa shape index (κ3) is 6.61. The molecule has 0 radical (unpaired) electrons. The van der Waals surface area contributed by atoms with Crippen molar-refractivity contribution in [1.29, 1.82) is 0 Å². The molecule has 1 aromatic heterocycles. The van der Waals surface area contributed by atoms with E-state index in [-0.39, 0.29) is 51.9 Å². The Kier molecular flexibility index (Phi) is 9.19. The molecular weight excluding hydrogens is 612 g/mol. The maximum absolute atomic E-state index is 14.2. The van der Waals surface area contributed by atoms with Crippen molar-refractivity contribution in [2.45, 2.75) is 69.4 Å². The number of rotatable bonds is 8. The van der Waals surface area contributed by atoms with Crippen LogP contribution in [0.2, 0.25) is 10.0 Å². The fraction of sp³-hybridized carbons (Fsp3) is 0.448. The summed E-state index contributed by atoms with van der Waals surface area (Å²) in [5.74, 6) is -2.58. The summed E-state index contributed by atoms with van der Waals surface area (Å²) in [7, 11) is 1.43. The average Bonchev–Trinajstić information content (AvgIpc) is 3.36. The number of amides is 1. The van der Waals surface area contributed by atoms with Crippen LogP contribution in [-0.4, -0.2) is 44.9 Å². The third-order valence-electron chi connectivity index (χ3n) is 7.89. The normalized spacial score (nSPS) is 21.8. The molecule has 2 aromatic carbocycles. The van der Waals surface area contributed by atoms with Crippen LogP contribution in [0.5, 0.6) is 5.75 Å². The van der Waals surface area contributed by atoms with Gasteiger partial charge in [0.25, 0.3) is 0 Å². The van der Waals surface area contributed by atoms with Crippen LogP contribution in [-0.2, 0) is 20.5 Å². The van der Waals surface area contributed by atoms with Gasteiger partial charge in [-0.3, -0.25) is 14.2 Å². The average molecular weight is 641 g/mol. The number of hydrogen-bond donors (Lipinski definition) is 2. The first-order chi connectivity index (χ1) is 20.5. The Morgan fingerprint density at radius 1 is 1.14 bits per heavy atom. The number of carboxylic acid groups (broad SMARTS) is 1. The molecule has 2 heterocycles. The molecule has 9 nitrogen and oxygen atoms in total. The molecule has 4 atom stereocenters. The van der Waals surface area contributed by atoms with Gasteiger partial charge in [0.2, 0.25) is 11.7 Å². The molecule has 1 amide bonds. The number of fused-ring (bicyclic) bond motifs is 3. The second kappa shape index (κ2) is 12.7. The summed E-state index contributed by atoms with van der Waals surface area (Å²) < 4.78 is 55.3. The van der Waals surface area contributed by atoms with E-state index in [1.807, 2.05) is 0 Å². The van der Waals surface area contributed by atoms with Crippen molar-refractivity contribution in [3.05, 3.63) is 69.2 Å². The lowest BCUT2D eigenvalue weighted by molar-refractivity contribution is -0.146. The predicted molar refractivity (Wildman–Crippen MR) is 150 cm³/mol. The molecule has 3 aromatic rings. The van der Waals surface area contributed by atoms with Gasteiger partial charge >= 0.3 is 12.1 Å². The van der Waals surface area contributed by atoms with E-state index in [9.17, 15) is 22.8 Å². The molecule has 0 spiro atoms. The molecule has 43 heavy (non-hydrogen) atoms. The Balaban J connectivity index is 1.55. The van der Waals surface area contributed by atoms with E-state index < -0.39 is 36.1 Å². The second-order valence-electron chi connectivity index (χ2n) is 10.6. The standard InChI is InChI=1S/C29H29Cl2F3N4O5/c1-42-21-8-4-6-17(25(21)31)26-18-13-16(30)10-11-20(18)38-27(36-37-28(38)29(32,33)34)22(43-26)14-23(39)35-19-7-3-2-5-15(19)9-12-24(40)41/h4,6,8,10-11,13,15,19,22,26H,2-3,5,7,9,12,14H2,1H3,(H,35,39)(H,40,41)/t15?,19?,22-,26-/m1/s1. The van der Waals surface area contributed by atoms with Crippen LogP contribution >= 0.6 is 23.2 Å². The van der Waals surface area contributed by atoms with Crippen LogP contribution in [0.1, 0.15) is 79.9 Å². The van der Waals surface area contributed by atoms with Gasteiger partial charge in [0, 0.05) is 28.6 Å². The van der Waals surface area contributed by atoms with Crippen molar-refractivity contribution in [1.82, 2.24) is 20.1 Å². The van der Waals surface area contributed by atoms with Crippen molar-refractivity contribution in [3.8, 4) is 11.4 Å². The van der Waals surface area contributed by atoms with Gasteiger partial charge in [-0.05, 0) is 49.4 Å². The first-order valence-electron chi connectivity index (χ1n) is 13.8. The number of halogens is 5. The zero-order valence-electron chi connectivity index (χ0n) is 23.0. The number of ether oxygens (including phenoxy) is 2. The van der Waals surface area contributed by atoms with Crippen molar-refractivity contribution >= 4 is 35.1 Å². The van der Waals surface area contributed by atoms with Crippen molar-refractivity contribution < 1.29 is 37.3 Å². The summed E-state index contributed by atoms with van der Waals surface area (Å²) in [6, 6.07) is 9.04. The van der Waals surface area contributed by atoms with Gasteiger partial charge in [-0.25, -0.2) is 0 Å².